The smallest absolute Gasteiger partial charge is 0.250 e. The van der Waals surface area contributed by atoms with Gasteiger partial charge in [-0.1, -0.05) is 17.8 Å². The Bertz CT molecular complexity index is 829. The zero-order valence-corrected chi connectivity index (χ0v) is 13.7. The van der Waals surface area contributed by atoms with Crippen molar-refractivity contribution in [2.45, 2.75) is 12.4 Å². The van der Waals surface area contributed by atoms with Gasteiger partial charge < -0.3 is 5.73 Å². The maximum Gasteiger partial charge on any atom is 0.250 e. The molecule has 2 N–H and O–H groups in total. The Hall–Kier alpha value is -1.84. The molecule has 0 saturated carbocycles. The quantitative estimate of drug-likeness (QED) is 0.901. The fraction of sp³-hybridized carbons (Fsp3) is 0.231. The molecule has 3 heterocycles. The second-order valence-corrected chi connectivity index (χ2v) is 8.01. The van der Waals surface area contributed by atoms with Gasteiger partial charge >= 0.3 is 0 Å². The van der Waals surface area contributed by atoms with Gasteiger partial charge in [0, 0.05) is 16.7 Å². The molecule has 0 radical (unpaired) electrons. The summed E-state index contributed by atoms with van der Waals surface area (Å²) in [6, 6.07) is 5.57. The highest BCUT2D eigenvalue weighted by atomic mass is 32.2. The lowest BCUT2D eigenvalue weighted by atomic mass is 10.2. The van der Waals surface area contributed by atoms with Gasteiger partial charge in [0.25, 0.3) is 10.0 Å². The van der Waals surface area contributed by atoms with Gasteiger partial charge in [-0.3, -0.25) is 4.90 Å². The summed E-state index contributed by atoms with van der Waals surface area (Å²) < 4.78 is 24.1. The SMILES string of the molecule is CC1=C(c2cnn(S(C)(=O)=O)c2)N(c2ccccn2)C(N)S1. The number of aromatic nitrogens is 3. The molecule has 0 spiro atoms. The van der Waals surface area contributed by atoms with Crippen LogP contribution in [-0.4, -0.2) is 34.3 Å². The van der Waals surface area contributed by atoms with Crippen LogP contribution in [0.2, 0.25) is 0 Å². The molecule has 1 aliphatic heterocycles. The summed E-state index contributed by atoms with van der Waals surface area (Å²) in [6.07, 6.45) is 5.81. The average Bonchev–Trinajstić information content (AvgIpc) is 3.03. The van der Waals surface area contributed by atoms with E-state index in [1.165, 1.54) is 24.2 Å². The van der Waals surface area contributed by atoms with E-state index in [-0.39, 0.29) is 5.50 Å². The highest BCUT2D eigenvalue weighted by Gasteiger charge is 2.32. The van der Waals surface area contributed by atoms with Crippen LogP contribution >= 0.6 is 11.8 Å². The van der Waals surface area contributed by atoms with E-state index in [2.05, 4.69) is 10.1 Å². The Morgan fingerprint density at radius 3 is 2.73 bits per heavy atom. The Labute approximate surface area is 132 Å². The van der Waals surface area contributed by atoms with Gasteiger partial charge in [0.15, 0.2) is 0 Å². The Morgan fingerprint density at radius 2 is 2.14 bits per heavy atom. The van der Waals surface area contributed by atoms with Crippen molar-refractivity contribution in [2.75, 3.05) is 11.2 Å². The van der Waals surface area contributed by atoms with Crippen LogP contribution in [0.1, 0.15) is 12.5 Å². The second-order valence-electron chi connectivity index (χ2n) is 4.84. The van der Waals surface area contributed by atoms with Gasteiger partial charge in [-0.05, 0) is 19.1 Å². The molecule has 1 atom stereocenters. The maximum atomic E-state index is 11.6. The van der Waals surface area contributed by atoms with Crippen molar-refractivity contribution in [1.29, 1.82) is 0 Å². The molecule has 7 nitrogen and oxygen atoms in total. The molecule has 0 saturated heterocycles. The highest BCUT2D eigenvalue weighted by Crippen LogP contribution is 2.42. The molecule has 2 aromatic heterocycles. The molecule has 3 rings (SSSR count). The van der Waals surface area contributed by atoms with Crippen molar-refractivity contribution in [1.82, 2.24) is 14.2 Å². The van der Waals surface area contributed by atoms with E-state index in [4.69, 9.17) is 5.73 Å². The van der Waals surface area contributed by atoms with E-state index in [0.717, 1.165) is 20.9 Å². The van der Waals surface area contributed by atoms with Crippen LogP contribution in [0, 0.1) is 0 Å². The summed E-state index contributed by atoms with van der Waals surface area (Å²) in [6.45, 7) is 1.95. The lowest BCUT2D eigenvalue weighted by molar-refractivity contribution is 0.586. The lowest BCUT2D eigenvalue weighted by Gasteiger charge is -2.24. The van der Waals surface area contributed by atoms with Crippen LogP contribution in [0.3, 0.4) is 0 Å². The minimum atomic E-state index is -3.41. The van der Waals surface area contributed by atoms with Gasteiger partial charge in [-0.15, -0.1) is 0 Å². The van der Waals surface area contributed by atoms with Gasteiger partial charge in [0.05, 0.1) is 24.3 Å². The molecule has 0 amide bonds. The van der Waals surface area contributed by atoms with Crippen LogP contribution in [0.5, 0.6) is 0 Å². The van der Waals surface area contributed by atoms with Gasteiger partial charge in [0.1, 0.15) is 11.3 Å². The van der Waals surface area contributed by atoms with Crippen LogP contribution in [0.4, 0.5) is 5.82 Å². The van der Waals surface area contributed by atoms with Crippen molar-refractivity contribution in [2.24, 2.45) is 5.73 Å². The van der Waals surface area contributed by atoms with E-state index < -0.39 is 10.0 Å². The zero-order chi connectivity index (χ0) is 15.9. The fourth-order valence-corrected chi connectivity index (χ4v) is 3.81. The average molecular weight is 337 g/mol. The molecule has 0 aliphatic carbocycles. The van der Waals surface area contributed by atoms with E-state index >= 15 is 0 Å². The zero-order valence-electron chi connectivity index (χ0n) is 12.0. The standard InChI is InChI=1S/C13H15N5O2S2/c1-9-12(10-7-16-17(8-10)22(2,19)20)18(13(14)21-9)11-5-3-4-6-15-11/h3-8,13H,14H2,1-2H3. The fourth-order valence-electron chi connectivity index (χ4n) is 2.28. The first-order valence-electron chi connectivity index (χ1n) is 6.47. The van der Waals surface area contributed by atoms with Crippen molar-refractivity contribution in [3.63, 3.8) is 0 Å². The predicted molar refractivity (Wildman–Crippen MR) is 87.3 cm³/mol. The normalized spacial score (nSPS) is 19.0. The van der Waals surface area contributed by atoms with Crippen molar-refractivity contribution in [3.8, 4) is 0 Å². The molecular formula is C13H15N5O2S2. The number of allylic oxidation sites excluding steroid dienone is 1. The summed E-state index contributed by atoms with van der Waals surface area (Å²) in [5.74, 6) is 0.710. The van der Waals surface area contributed by atoms with Gasteiger partial charge in [0.2, 0.25) is 0 Å². The summed E-state index contributed by atoms with van der Waals surface area (Å²) in [7, 11) is -3.41. The first kappa shape index (κ1) is 15.1. The third-order valence-electron chi connectivity index (χ3n) is 3.20. The third-order valence-corrected chi connectivity index (χ3v) is 5.07. The van der Waals surface area contributed by atoms with Crippen LogP contribution in [0.25, 0.3) is 5.70 Å². The highest BCUT2D eigenvalue weighted by molar-refractivity contribution is 8.04. The molecule has 0 fully saturated rings. The van der Waals surface area contributed by atoms with Crippen LogP contribution in [-0.2, 0) is 10.0 Å². The number of thioether (sulfide) groups is 1. The topological polar surface area (TPSA) is 94.1 Å². The van der Waals surface area contributed by atoms with E-state index in [1.807, 2.05) is 30.0 Å². The molecule has 1 unspecified atom stereocenters. The monoisotopic (exact) mass is 337 g/mol. The number of pyridine rings is 1. The third kappa shape index (κ3) is 2.62. The molecule has 22 heavy (non-hydrogen) atoms. The molecule has 2 aromatic rings. The Morgan fingerprint density at radius 1 is 1.36 bits per heavy atom. The second kappa shape index (κ2) is 5.41. The molecular weight excluding hydrogens is 322 g/mol. The predicted octanol–water partition coefficient (Wildman–Crippen LogP) is 1.27. The summed E-state index contributed by atoms with van der Waals surface area (Å²) in [5.41, 5.74) is 7.38. The maximum absolute atomic E-state index is 11.6. The van der Waals surface area contributed by atoms with E-state index in [1.54, 1.807) is 6.20 Å². The number of hydrogen-bond donors (Lipinski definition) is 1. The van der Waals surface area contributed by atoms with Crippen molar-refractivity contribution in [3.05, 3.63) is 47.3 Å². The number of hydrogen-bond acceptors (Lipinski definition) is 7. The number of nitrogens with two attached hydrogens (primary N) is 1. The Kier molecular flexibility index (Phi) is 3.71. The first-order chi connectivity index (χ1) is 10.4. The molecule has 0 aromatic carbocycles. The van der Waals surface area contributed by atoms with Gasteiger partial charge in [-0.25, -0.2) is 13.4 Å². The molecule has 9 heteroatoms. The summed E-state index contributed by atoms with van der Waals surface area (Å²) >= 11 is 1.50. The number of nitrogens with zero attached hydrogens (tertiary/aromatic N) is 4. The lowest BCUT2D eigenvalue weighted by Crippen LogP contribution is -2.35. The minimum Gasteiger partial charge on any atom is -0.302 e. The number of rotatable bonds is 3. The minimum absolute atomic E-state index is 0.313. The molecule has 116 valence electrons. The van der Waals surface area contributed by atoms with E-state index in [9.17, 15) is 8.42 Å². The van der Waals surface area contributed by atoms with Crippen molar-refractivity contribution >= 4 is 33.3 Å². The van der Waals surface area contributed by atoms with E-state index in [0.29, 0.717) is 11.4 Å². The molecule has 0 bridgehead atoms. The first-order valence-corrected chi connectivity index (χ1v) is 9.19. The Balaban J connectivity index is 2.07. The van der Waals surface area contributed by atoms with Crippen LogP contribution < -0.4 is 10.6 Å². The molecule has 1 aliphatic rings. The summed E-state index contributed by atoms with van der Waals surface area (Å²) in [5, 5.41) is 3.92. The van der Waals surface area contributed by atoms with Crippen molar-refractivity contribution < 1.29 is 8.42 Å². The largest absolute Gasteiger partial charge is 0.302 e. The number of anilines is 1. The van der Waals surface area contributed by atoms with Gasteiger partial charge in [-0.2, -0.15) is 9.19 Å². The van der Waals surface area contributed by atoms with Crippen LogP contribution in [0.15, 0.2) is 41.7 Å². The summed E-state index contributed by atoms with van der Waals surface area (Å²) in [4.78, 5) is 7.20.